The SMILES string of the molecule is C=N/C(=C\C=C(/C)C(F)(F)F)c1c[nH]c2ccccc12. The lowest BCUT2D eigenvalue weighted by atomic mass is 10.1. The van der Waals surface area contributed by atoms with Crippen LogP contribution in [0.1, 0.15) is 12.5 Å². The third-order valence-electron chi connectivity index (χ3n) is 2.97. The molecular weight excluding hydrogens is 265 g/mol. The lowest BCUT2D eigenvalue weighted by Crippen LogP contribution is -2.08. The number of fused-ring (bicyclic) bond motifs is 1. The molecule has 1 N–H and O–H groups in total. The van der Waals surface area contributed by atoms with Crippen LogP contribution in [0.25, 0.3) is 16.6 Å². The Balaban J connectivity index is 2.45. The van der Waals surface area contributed by atoms with Crippen LogP contribution in [-0.4, -0.2) is 17.9 Å². The molecule has 1 aromatic carbocycles. The van der Waals surface area contributed by atoms with Gasteiger partial charge in [-0.05, 0) is 25.8 Å². The van der Waals surface area contributed by atoms with Gasteiger partial charge < -0.3 is 4.98 Å². The van der Waals surface area contributed by atoms with E-state index in [1.165, 1.54) is 6.08 Å². The molecule has 0 aliphatic carbocycles. The van der Waals surface area contributed by atoms with Gasteiger partial charge >= 0.3 is 6.18 Å². The van der Waals surface area contributed by atoms with Gasteiger partial charge in [-0.15, -0.1) is 0 Å². The summed E-state index contributed by atoms with van der Waals surface area (Å²) < 4.78 is 37.3. The summed E-state index contributed by atoms with van der Waals surface area (Å²) >= 11 is 0. The number of para-hydroxylation sites is 1. The standard InChI is InChI=1S/C15H13F3N2/c1-10(15(16,17)18)7-8-13(19-2)12-9-20-14-6-4-3-5-11(12)14/h3-9,20H,2H2,1H3/b10-7+,13-8-. The molecule has 0 aliphatic rings. The number of nitrogens with one attached hydrogen (secondary N) is 1. The van der Waals surface area contributed by atoms with Crippen molar-refractivity contribution in [2.75, 3.05) is 0 Å². The number of aromatic amines is 1. The van der Waals surface area contributed by atoms with Gasteiger partial charge in [-0.3, -0.25) is 4.99 Å². The van der Waals surface area contributed by atoms with Gasteiger partial charge in [0, 0.05) is 28.2 Å². The van der Waals surface area contributed by atoms with E-state index in [-0.39, 0.29) is 0 Å². The lowest BCUT2D eigenvalue weighted by Gasteiger charge is -2.05. The number of hydrogen-bond acceptors (Lipinski definition) is 1. The molecule has 0 atom stereocenters. The Morgan fingerprint density at radius 3 is 2.60 bits per heavy atom. The van der Waals surface area contributed by atoms with E-state index in [2.05, 4.69) is 16.7 Å². The highest BCUT2D eigenvalue weighted by Crippen LogP contribution is 2.28. The van der Waals surface area contributed by atoms with Crippen LogP contribution in [0.15, 0.2) is 53.2 Å². The van der Waals surface area contributed by atoms with Crippen molar-refractivity contribution in [2.24, 2.45) is 4.99 Å². The zero-order valence-electron chi connectivity index (χ0n) is 10.8. The summed E-state index contributed by atoms with van der Waals surface area (Å²) in [6, 6.07) is 7.50. The van der Waals surface area contributed by atoms with Crippen molar-refractivity contribution < 1.29 is 13.2 Å². The highest BCUT2D eigenvalue weighted by molar-refractivity contribution is 5.93. The van der Waals surface area contributed by atoms with Crippen LogP contribution in [0, 0.1) is 0 Å². The minimum Gasteiger partial charge on any atom is -0.360 e. The van der Waals surface area contributed by atoms with E-state index in [1.54, 1.807) is 6.20 Å². The highest BCUT2D eigenvalue weighted by Gasteiger charge is 2.29. The van der Waals surface area contributed by atoms with Crippen LogP contribution in [-0.2, 0) is 0 Å². The van der Waals surface area contributed by atoms with Crippen LogP contribution in [0.3, 0.4) is 0 Å². The minimum absolute atomic E-state index is 0.394. The van der Waals surface area contributed by atoms with E-state index < -0.39 is 11.7 Å². The second-order valence-corrected chi connectivity index (χ2v) is 4.31. The molecule has 0 saturated heterocycles. The summed E-state index contributed by atoms with van der Waals surface area (Å²) in [7, 11) is 0. The van der Waals surface area contributed by atoms with E-state index in [4.69, 9.17) is 0 Å². The quantitative estimate of drug-likeness (QED) is 0.621. The summed E-state index contributed by atoms with van der Waals surface area (Å²) in [6.07, 6.45) is -0.290. The molecule has 0 unspecified atom stereocenters. The highest BCUT2D eigenvalue weighted by atomic mass is 19.4. The number of aromatic nitrogens is 1. The molecule has 1 aromatic heterocycles. The molecule has 104 valence electrons. The molecule has 2 aromatic rings. The zero-order valence-corrected chi connectivity index (χ0v) is 10.8. The minimum atomic E-state index is -4.33. The number of halogens is 3. The van der Waals surface area contributed by atoms with Gasteiger partial charge in [0.05, 0.1) is 5.70 Å². The fourth-order valence-electron chi connectivity index (χ4n) is 1.81. The first kappa shape index (κ1) is 14.1. The van der Waals surface area contributed by atoms with Crippen molar-refractivity contribution in [3.63, 3.8) is 0 Å². The van der Waals surface area contributed by atoms with Crippen LogP contribution in [0.4, 0.5) is 13.2 Å². The molecule has 0 saturated carbocycles. The van der Waals surface area contributed by atoms with Crippen molar-refractivity contribution in [2.45, 2.75) is 13.1 Å². The van der Waals surface area contributed by atoms with E-state index >= 15 is 0 Å². The Morgan fingerprint density at radius 2 is 1.95 bits per heavy atom. The monoisotopic (exact) mass is 278 g/mol. The molecular formula is C15H13F3N2. The van der Waals surface area contributed by atoms with Gasteiger partial charge in [0.15, 0.2) is 0 Å². The summed E-state index contributed by atoms with van der Waals surface area (Å²) in [5.41, 5.74) is 1.33. The molecule has 0 spiro atoms. The van der Waals surface area contributed by atoms with Crippen molar-refractivity contribution in [3.8, 4) is 0 Å². The molecule has 0 radical (unpaired) electrons. The zero-order chi connectivity index (χ0) is 14.8. The third kappa shape index (κ3) is 2.82. The van der Waals surface area contributed by atoms with E-state index in [1.807, 2.05) is 24.3 Å². The van der Waals surface area contributed by atoms with E-state index in [0.717, 1.165) is 29.5 Å². The lowest BCUT2D eigenvalue weighted by molar-refractivity contribution is -0.0912. The number of allylic oxidation sites excluding steroid dienone is 3. The summed E-state index contributed by atoms with van der Waals surface area (Å²) in [4.78, 5) is 6.86. The molecule has 0 aliphatic heterocycles. The molecule has 0 amide bonds. The Kier molecular flexibility index (Phi) is 3.79. The van der Waals surface area contributed by atoms with Crippen LogP contribution in [0.5, 0.6) is 0 Å². The maximum atomic E-state index is 12.4. The maximum Gasteiger partial charge on any atom is 0.412 e. The fraction of sp³-hybridized carbons (Fsp3) is 0.133. The molecule has 0 bridgehead atoms. The molecule has 20 heavy (non-hydrogen) atoms. The van der Waals surface area contributed by atoms with Crippen LogP contribution >= 0.6 is 0 Å². The van der Waals surface area contributed by atoms with E-state index in [9.17, 15) is 13.2 Å². The normalized spacial score (nSPS) is 13.8. The fourth-order valence-corrected chi connectivity index (χ4v) is 1.81. The predicted octanol–water partition coefficient (Wildman–Crippen LogP) is 4.72. The van der Waals surface area contributed by atoms with Crippen molar-refractivity contribution in [3.05, 3.63) is 53.8 Å². The first-order valence-corrected chi connectivity index (χ1v) is 5.92. The second-order valence-electron chi connectivity index (χ2n) is 4.31. The van der Waals surface area contributed by atoms with Gasteiger partial charge in [-0.1, -0.05) is 24.3 Å². The average Bonchev–Trinajstić information content (AvgIpc) is 2.82. The number of nitrogens with zero attached hydrogens (tertiary/aromatic N) is 1. The number of rotatable bonds is 3. The van der Waals surface area contributed by atoms with Gasteiger partial charge in [0.25, 0.3) is 0 Å². The Bertz CT molecular complexity index is 690. The summed E-state index contributed by atoms with van der Waals surface area (Å²) in [5.74, 6) is 0. The number of benzene rings is 1. The van der Waals surface area contributed by atoms with Gasteiger partial charge in [0.2, 0.25) is 0 Å². The third-order valence-corrected chi connectivity index (χ3v) is 2.97. The molecule has 1 heterocycles. The number of alkyl halides is 3. The number of hydrogen-bond donors (Lipinski definition) is 1. The predicted molar refractivity (Wildman–Crippen MR) is 75.6 cm³/mol. The molecule has 0 fully saturated rings. The number of H-pyrrole nitrogens is 1. The largest absolute Gasteiger partial charge is 0.412 e. The average molecular weight is 278 g/mol. The van der Waals surface area contributed by atoms with Crippen LogP contribution in [0.2, 0.25) is 0 Å². The van der Waals surface area contributed by atoms with Crippen molar-refractivity contribution in [1.29, 1.82) is 0 Å². The van der Waals surface area contributed by atoms with Crippen molar-refractivity contribution in [1.82, 2.24) is 4.98 Å². The molecule has 2 nitrogen and oxygen atoms in total. The molecule has 2 rings (SSSR count). The number of aliphatic imine (C=N–C) groups is 1. The Morgan fingerprint density at radius 1 is 1.25 bits per heavy atom. The maximum absolute atomic E-state index is 12.4. The first-order valence-electron chi connectivity index (χ1n) is 5.92. The van der Waals surface area contributed by atoms with Crippen LogP contribution < -0.4 is 0 Å². The second kappa shape index (κ2) is 5.36. The van der Waals surface area contributed by atoms with Crippen molar-refractivity contribution >= 4 is 23.3 Å². The summed E-state index contributed by atoms with van der Waals surface area (Å²) in [6.45, 7) is 4.44. The van der Waals surface area contributed by atoms with Gasteiger partial charge in [-0.25, -0.2) is 0 Å². The van der Waals surface area contributed by atoms with Gasteiger partial charge in [-0.2, -0.15) is 13.2 Å². The summed E-state index contributed by atoms with van der Waals surface area (Å²) in [5, 5.41) is 0.893. The topological polar surface area (TPSA) is 28.1 Å². The first-order chi connectivity index (χ1) is 9.43. The Hall–Kier alpha value is -2.30. The molecule has 5 heteroatoms. The van der Waals surface area contributed by atoms with E-state index in [0.29, 0.717) is 5.70 Å². The van der Waals surface area contributed by atoms with Gasteiger partial charge in [0.1, 0.15) is 0 Å². The Labute approximate surface area is 114 Å². The smallest absolute Gasteiger partial charge is 0.360 e.